The zero-order chi connectivity index (χ0) is 17.7. The van der Waals surface area contributed by atoms with E-state index in [2.05, 4.69) is 20.8 Å². The minimum Gasteiger partial charge on any atom is -0.482 e. The fourth-order valence-electron chi connectivity index (χ4n) is 4.59. The average Bonchev–Trinajstić information content (AvgIpc) is 2.70. The van der Waals surface area contributed by atoms with Gasteiger partial charge in [0, 0.05) is 18.7 Å². The van der Waals surface area contributed by atoms with Crippen LogP contribution in [0.3, 0.4) is 0 Å². The maximum absolute atomic E-state index is 12.7. The van der Waals surface area contributed by atoms with E-state index in [1.165, 1.54) is 6.07 Å². The van der Waals surface area contributed by atoms with Gasteiger partial charge in [-0.2, -0.15) is 0 Å². The molecule has 1 aromatic carbocycles. The van der Waals surface area contributed by atoms with Gasteiger partial charge < -0.3 is 9.64 Å². The fraction of sp³-hybridized carbons (Fsp3) is 0.611. The molecule has 0 aromatic heterocycles. The molecule has 1 aliphatic heterocycles. The van der Waals surface area contributed by atoms with Crippen LogP contribution in [0, 0.1) is 10.8 Å². The summed E-state index contributed by atoms with van der Waals surface area (Å²) in [6.07, 6.45) is 3.28. The van der Waals surface area contributed by atoms with Crippen molar-refractivity contribution in [1.29, 1.82) is 0 Å². The third-order valence-corrected chi connectivity index (χ3v) is 6.08. The molecule has 1 heterocycles. The monoisotopic (exact) mass is 389 g/mol. The van der Waals surface area contributed by atoms with Crippen molar-refractivity contribution in [1.82, 2.24) is 4.90 Å². The zero-order valence-electron chi connectivity index (χ0n) is 14.2. The van der Waals surface area contributed by atoms with Crippen LogP contribution in [0.1, 0.15) is 40.0 Å². The Hall–Kier alpha value is -0.640. The number of amides is 1. The van der Waals surface area contributed by atoms with Crippen LogP contribution in [0.2, 0.25) is 15.1 Å². The van der Waals surface area contributed by atoms with Gasteiger partial charge in [-0.3, -0.25) is 4.79 Å². The Bertz CT molecular complexity index is 676. The largest absolute Gasteiger partial charge is 0.482 e. The van der Waals surface area contributed by atoms with Crippen LogP contribution >= 0.6 is 34.8 Å². The minimum atomic E-state index is -0.0370. The Kier molecular flexibility index (Phi) is 4.74. The van der Waals surface area contributed by atoms with Crippen LogP contribution < -0.4 is 4.74 Å². The molecule has 2 fully saturated rings. The molecule has 1 amide bonds. The average molecular weight is 391 g/mol. The summed E-state index contributed by atoms with van der Waals surface area (Å²) in [7, 11) is 0. The number of rotatable bonds is 3. The van der Waals surface area contributed by atoms with Crippen molar-refractivity contribution >= 4 is 40.7 Å². The van der Waals surface area contributed by atoms with Crippen molar-refractivity contribution in [3.8, 4) is 5.75 Å². The van der Waals surface area contributed by atoms with Gasteiger partial charge in [0.15, 0.2) is 6.61 Å². The summed E-state index contributed by atoms with van der Waals surface area (Å²) in [5.41, 5.74) is 0.490. The highest BCUT2D eigenvalue weighted by Crippen LogP contribution is 2.52. The molecule has 2 bridgehead atoms. The third kappa shape index (κ3) is 3.63. The van der Waals surface area contributed by atoms with Crippen molar-refractivity contribution in [2.75, 3.05) is 13.2 Å². The van der Waals surface area contributed by atoms with Gasteiger partial charge in [0.25, 0.3) is 5.91 Å². The van der Waals surface area contributed by atoms with Gasteiger partial charge in [-0.05, 0) is 36.2 Å². The van der Waals surface area contributed by atoms with Crippen molar-refractivity contribution < 1.29 is 9.53 Å². The van der Waals surface area contributed by atoms with Crippen LogP contribution in [0.25, 0.3) is 0 Å². The SMILES string of the molecule is CC1(C)C[C@@H]2C[C@@](C)(CN2C(=O)COc2cc(Cl)c(Cl)cc2Cl)C1. The van der Waals surface area contributed by atoms with E-state index in [1.54, 1.807) is 6.07 Å². The molecule has 6 heteroatoms. The molecule has 24 heavy (non-hydrogen) atoms. The van der Waals surface area contributed by atoms with Crippen LogP contribution in [0.15, 0.2) is 12.1 Å². The van der Waals surface area contributed by atoms with Gasteiger partial charge in [-0.25, -0.2) is 0 Å². The van der Waals surface area contributed by atoms with Gasteiger partial charge in [0.1, 0.15) is 5.75 Å². The highest BCUT2D eigenvalue weighted by Gasteiger charge is 2.50. The molecular weight excluding hydrogens is 369 g/mol. The lowest BCUT2D eigenvalue weighted by Crippen LogP contribution is -2.40. The second kappa shape index (κ2) is 6.26. The summed E-state index contributed by atoms with van der Waals surface area (Å²) in [5.74, 6) is 0.386. The van der Waals surface area contributed by atoms with Gasteiger partial charge in [0.05, 0.1) is 15.1 Å². The lowest BCUT2D eigenvalue weighted by atomic mass is 9.65. The first-order valence-electron chi connectivity index (χ1n) is 8.15. The first-order chi connectivity index (χ1) is 11.1. The number of nitrogens with zero attached hydrogens (tertiary/aromatic N) is 1. The molecule has 1 saturated heterocycles. The molecule has 0 unspecified atom stereocenters. The van der Waals surface area contributed by atoms with Gasteiger partial charge >= 0.3 is 0 Å². The van der Waals surface area contributed by atoms with E-state index in [0.717, 1.165) is 25.8 Å². The Labute approximate surface area is 158 Å². The zero-order valence-corrected chi connectivity index (χ0v) is 16.4. The summed E-state index contributed by atoms with van der Waals surface area (Å²) in [6, 6.07) is 3.38. The summed E-state index contributed by atoms with van der Waals surface area (Å²) in [4.78, 5) is 14.7. The number of hydrogen-bond acceptors (Lipinski definition) is 2. The summed E-state index contributed by atoms with van der Waals surface area (Å²) < 4.78 is 5.61. The van der Waals surface area contributed by atoms with Crippen LogP contribution in [-0.4, -0.2) is 30.0 Å². The van der Waals surface area contributed by atoms with Gasteiger partial charge in [-0.1, -0.05) is 55.6 Å². The number of carbonyl (C=O) groups excluding carboxylic acids is 1. The number of ether oxygens (including phenoxy) is 1. The van der Waals surface area contributed by atoms with E-state index >= 15 is 0 Å². The maximum Gasteiger partial charge on any atom is 0.260 e. The van der Waals surface area contributed by atoms with E-state index in [0.29, 0.717) is 26.9 Å². The second-order valence-corrected chi connectivity index (χ2v) is 9.44. The predicted molar refractivity (Wildman–Crippen MR) is 98.2 cm³/mol. The van der Waals surface area contributed by atoms with Crippen molar-refractivity contribution in [3.05, 3.63) is 27.2 Å². The van der Waals surface area contributed by atoms with E-state index in [-0.39, 0.29) is 23.3 Å². The van der Waals surface area contributed by atoms with Gasteiger partial charge in [0.2, 0.25) is 0 Å². The normalized spacial score (nSPS) is 28.1. The molecule has 1 aliphatic carbocycles. The van der Waals surface area contributed by atoms with E-state index in [1.807, 2.05) is 4.90 Å². The molecule has 2 atom stereocenters. The topological polar surface area (TPSA) is 29.5 Å². The van der Waals surface area contributed by atoms with Crippen molar-refractivity contribution in [2.45, 2.75) is 46.1 Å². The van der Waals surface area contributed by atoms with Crippen LogP contribution in [-0.2, 0) is 4.79 Å². The fourth-order valence-corrected chi connectivity index (χ4v) is 5.18. The van der Waals surface area contributed by atoms with Crippen molar-refractivity contribution in [2.24, 2.45) is 10.8 Å². The molecule has 0 radical (unpaired) electrons. The standard InChI is InChI=1S/C18H22Cl3NO2/c1-17(2)6-11-7-18(3,9-17)10-22(11)16(23)8-24-15-5-13(20)12(19)4-14(15)21/h4-5,11H,6-10H2,1-3H3/t11-,18-/m1/s1. The number of likely N-dealkylation sites (tertiary alicyclic amines) is 1. The number of hydrogen-bond donors (Lipinski definition) is 0. The van der Waals surface area contributed by atoms with E-state index in [4.69, 9.17) is 39.5 Å². The predicted octanol–water partition coefficient (Wildman–Crippen LogP) is 5.45. The number of halogens is 3. The number of benzene rings is 1. The second-order valence-electron chi connectivity index (χ2n) is 8.22. The Balaban J connectivity index is 1.67. The van der Waals surface area contributed by atoms with Crippen LogP contribution in [0.4, 0.5) is 0 Å². The lowest BCUT2D eigenvalue weighted by Gasteiger charge is -2.39. The molecule has 1 aromatic rings. The molecule has 3 nitrogen and oxygen atoms in total. The number of carbonyl (C=O) groups is 1. The Morgan fingerprint density at radius 3 is 2.54 bits per heavy atom. The molecule has 3 rings (SSSR count). The Morgan fingerprint density at radius 2 is 1.83 bits per heavy atom. The van der Waals surface area contributed by atoms with Crippen molar-refractivity contribution in [3.63, 3.8) is 0 Å². The molecule has 1 saturated carbocycles. The summed E-state index contributed by atoms with van der Waals surface area (Å²) in [6.45, 7) is 7.63. The summed E-state index contributed by atoms with van der Waals surface area (Å²) >= 11 is 18.0. The molecule has 2 aliphatic rings. The highest BCUT2D eigenvalue weighted by atomic mass is 35.5. The van der Waals surface area contributed by atoms with E-state index < -0.39 is 0 Å². The molecule has 132 valence electrons. The first-order valence-corrected chi connectivity index (χ1v) is 9.29. The Morgan fingerprint density at radius 1 is 1.17 bits per heavy atom. The summed E-state index contributed by atoms with van der Waals surface area (Å²) in [5, 5.41) is 1.07. The van der Waals surface area contributed by atoms with E-state index in [9.17, 15) is 4.79 Å². The molecular formula is C18H22Cl3NO2. The maximum atomic E-state index is 12.7. The van der Waals surface area contributed by atoms with Gasteiger partial charge in [-0.15, -0.1) is 0 Å². The lowest BCUT2D eigenvalue weighted by molar-refractivity contribution is -0.134. The molecule has 0 spiro atoms. The smallest absolute Gasteiger partial charge is 0.260 e. The minimum absolute atomic E-state index is 0.00330. The quantitative estimate of drug-likeness (QED) is 0.642. The third-order valence-electron chi connectivity index (χ3n) is 5.06. The number of fused-ring (bicyclic) bond motifs is 2. The molecule has 0 N–H and O–H groups in total. The highest BCUT2D eigenvalue weighted by molar-refractivity contribution is 6.43. The van der Waals surface area contributed by atoms with Crippen LogP contribution in [0.5, 0.6) is 5.75 Å². The first kappa shape index (κ1) is 18.2.